The normalized spacial score (nSPS) is 21.9. The summed E-state index contributed by atoms with van der Waals surface area (Å²) in [6.07, 6.45) is 4.84. The second-order valence-corrected chi connectivity index (χ2v) is 6.52. The predicted octanol–water partition coefficient (Wildman–Crippen LogP) is 1.32. The van der Waals surface area contributed by atoms with Crippen molar-refractivity contribution in [3.05, 3.63) is 0 Å². The van der Waals surface area contributed by atoms with E-state index in [1.807, 2.05) is 11.9 Å². The molecule has 19 heavy (non-hydrogen) atoms. The van der Waals surface area contributed by atoms with Crippen LogP contribution in [0.15, 0.2) is 0 Å². The molecule has 1 saturated carbocycles. The Hall–Kier alpha value is -0.610. The maximum Gasteiger partial charge on any atom is 0.236 e. The van der Waals surface area contributed by atoms with Crippen LogP contribution in [-0.2, 0) is 4.79 Å². The number of nitrogens with zero attached hydrogens (tertiary/aromatic N) is 2. The van der Waals surface area contributed by atoms with Gasteiger partial charge in [0.05, 0.1) is 6.54 Å². The fourth-order valence-electron chi connectivity index (χ4n) is 2.72. The van der Waals surface area contributed by atoms with E-state index in [2.05, 4.69) is 24.1 Å². The quantitative estimate of drug-likeness (QED) is 0.788. The Bertz CT molecular complexity index is 294. The Balaban J connectivity index is 1.64. The third-order valence-electron chi connectivity index (χ3n) is 4.37. The molecular formula is C15H29N3O. The first-order valence-electron chi connectivity index (χ1n) is 7.77. The minimum absolute atomic E-state index is 0.307. The number of nitrogens with one attached hydrogen (secondary N) is 1. The minimum atomic E-state index is 0.307. The summed E-state index contributed by atoms with van der Waals surface area (Å²) in [7, 11) is 1.96. The average Bonchev–Trinajstić information content (AvgIpc) is 3.21. The monoisotopic (exact) mass is 267 g/mol. The van der Waals surface area contributed by atoms with Crippen LogP contribution in [0.1, 0.15) is 39.5 Å². The number of likely N-dealkylation sites (N-methyl/N-ethyl adjacent to an activating group) is 1. The standard InChI is InChI=1S/C15H29N3O/c1-12(2)16-10-13-6-8-18(9-7-13)11-15(19)17(3)14-4-5-14/h12-14,16H,4-11H2,1-3H3. The Kier molecular flexibility index (Phi) is 5.22. The Morgan fingerprint density at radius 1 is 1.26 bits per heavy atom. The van der Waals surface area contributed by atoms with E-state index in [-0.39, 0.29) is 0 Å². The molecule has 0 aromatic heterocycles. The van der Waals surface area contributed by atoms with Gasteiger partial charge in [0.2, 0.25) is 5.91 Å². The average molecular weight is 267 g/mol. The maximum atomic E-state index is 12.1. The highest BCUT2D eigenvalue weighted by Crippen LogP contribution is 2.25. The lowest BCUT2D eigenvalue weighted by Gasteiger charge is -2.33. The molecule has 1 aliphatic heterocycles. The van der Waals surface area contributed by atoms with Crippen LogP contribution in [-0.4, -0.2) is 61.0 Å². The number of hydrogen-bond acceptors (Lipinski definition) is 3. The molecule has 2 aliphatic rings. The molecule has 0 unspecified atom stereocenters. The summed E-state index contributed by atoms with van der Waals surface area (Å²) in [5, 5.41) is 3.52. The van der Waals surface area contributed by atoms with Gasteiger partial charge in [0.25, 0.3) is 0 Å². The largest absolute Gasteiger partial charge is 0.342 e. The van der Waals surface area contributed by atoms with Gasteiger partial charge < -0.3 is 10.2 Å². The van der Waals surface area contributed by atoms with Gasteiger partial charge >= 0.3 is 0 Å². The first-order valence-corrected chi connectivity index (χ1v) is 7.77. The topological polar surface area (TPSA) is 35.6 Å². The van der Waals surface area contributed by atoms with Gasteiger partial charge in [0, 0.05) is 19.1 Å². The number of rotatable bonds is 6. The first-order chi connectivity index (χ1) is 9.06. The van der Waals surface area contributed by atoms with Crippen molar-refractivity contribution in [3.8, 4) is 0 Å². The summed E-state index contributed by atoms with van der Waals surface area (Å²) in [6, 6.07) is 1.12. The third kappa shape index (κ3) is 4.77. The maximum absolute atomic E-state index is 12.1. The summed E-state index contributed by atoms with van der Waals surface area (Å²) in [4.78, 5) is 16.3. The van der Waals surface area contributed by atoms with Gasteiger partial charge in [-0.3, -0.25) is 9.69 Å². The third-order valence-corrected chi connectivity index (χ3v) is 4.37. The van der Waals surface area contributed by atoms with Gasteiger partial charge in [0.1, 0.15) is 0 Å². The molecule has 1 aliphatic carbocycles. The second-order valence-electron chi connectivity index (χ2n) is 6.52. The van der Waals surface area contributed by atoms with Crippen molar-refractivity contribution < 1.29 is 4.79 Å². The van der Waals surface area contributed by atoms with Crippen molar-refractivity contribution in [2.75, 3.05) is 33.2 Å². The van der Waals surface area contributed by atoms with Crippen LogP contribution in [0.5, 0.6) is 0 Å². The zero-order chi connectivity index (χ0) is 13.8. The molecule has 1 heterocycles. The highest BCUT2D eigenvalue weighted by molar-refractivity contribution is 5.78. The number of hydrogen-bond donors (Lipinski definition) is 1. The number of amides is 1. The summed E-state index contributed by atoms with van der Waals surface area (Å²) >= 11 is 0. The van der Waals surface area contributed by atoms with E-state index < -0.39 is 0 Å². The van der Waals surface area contributed by atoms with E-state index in [0.29, 0.717) is 24.5 Å². The molecule has 0 spiro atoms. The van der Waals surface area contributed by atoms with Crippen molar-refractivity contribution >= 4 is 5.91 Å². The molecule has 1 amide bonds. The first kappa shape index (κ1) is 14.8. The summed E-state index contributed by atoms with van der Waals surface area (Å²) in [5.41, 5.74) is 0. The van der Waals surface area contributed by atoms with Crippen LogP contribution >= 0.6 is 0 Å². The highest BCUT2D eigenvalue weighted by Gasteiger charge is 2.30. The molecule has 110 valence electrons. The van der Waals surface area contributed by atoms with Crippen LogP contribution in [0, 0.1) is 5.92 Å². The number of likely N-dealkylation sites (tertiary alicyclic amines) is 1. The molecule has 2 rings (SSSR count). The van der Waals surface area contributed by atoms with Crippen LogP contribution in [0.25, 0.3) is 0 Å². The Labute approximate surface area is 117 Å². The van der Waals surface area contributed by atoms with Crippen molar-refractivity contribution in [2.45, 2.75) is 51.6 Å². The van der Waals surface area contributed by atoms with Crippen molar-refractivity contribution in [2.24, 2.45) is 5.92 Å². The molecule has 0 aromatic rings. The summed E-state index contributed by atoms with van der Waals surface area (Å²) < 4.78 is 0. The fourth-order valence-corrected chi connectivity index (χ4v) is 2.72. The lowest BCUT2D eigenvalue weighted by Crippen LogP contribution is -2.44. The zero-order valence-electron chi connectivity index (χ0n) is 12.7. The lowest BCUT2D eigenvalue weighted by molar-refractivity contribution is -0.131. The summed E-state index contributed by atoms with van der Waals surface area (Å²) in [6.45, 7) is 8.30. The number of piperidine rings is 1. The van der Waals surface area contributed by atoms with E-state index >= 15 is 0 Å². The number of carbonyl (C=O) groups excluding carboxylic acids is 1. The Morgan fingerprint density at radius 3 is 2.42 bits per heavy atom. The molecular weight excluding hydrogens is 238 g/mol. The second kappa shape index (κ2) is 6.71. The molecule has 2 fully saturated rings. The molecule has 0 aromatic carbocycles. The number of carbonyl (C=O) groups is 1. The van der Waals surface area contributed by atoms with Crippen LogP contribution in [0.2, 0.25) is 0 Å². The molecule has 4 heteroatoms. The van der Waals surface area contributed by atoms with Gasteiger partial charge in [-0.2, -0.15) is 0 Å². The lowest BCUT2D eigenvalue weighted by atomic mass is 9.96. The van der Waals surface area contributed by atoms with Gasteiger partial charge in [-0.15, -0.1) is 0 Å². The minimum Gasteiger partial charge on any atom is -0.342 e. The van der Waals surface area contributed by atoms with Gasteiger partial charge in [-0.1, -0.05) is 13.8 Å². The van der Waals surface area contributed by atoms with Gasteiger partial charge in [0.15, 0.2) is 0 Å². The van der Waals surface area contributed by atoms with Crippen molar-refractivity contribution in [3.63, 3.8) is 0 Å². The van der Waals surface area contributed by atoms with Crippen LogP contribution < -0.4 is 5.32 Å². The van der Waals surface area contributed by atoms with Gasteiger partial charge in [-0.05, 0) is 51.2 Å². The molecule has 1 saturated heterocycles. The molecule has 1 N–H and O–H groups in total. The van der Waals surface area contributed by atoms with Crippen molar-refractivity contribution in [1.82, 2.24) is 15.1 Å². The summed E-state index contributed by atoms with van der Waals surface area (Å²) in [5.74, 6) is 1.09. The van der Waals surface area contributed by atoms with E-state index in [1.165, 1.54) is 25.7 Å². The highest BCUT2D eigenvalue weighted by atomic mass is 16.2. The van der Waals surface area contributed by atoms with Crippen LogP contribution in [0.4, 0.5) is 0 Å². The molecule has 0 radical (unpaired) electrons. The fraction of sp³-hybridized carbons (Fsp3) is 0.933. The molecule has 4 nitrogen and oxygen atoms in total. The van der Waals surface area contributed by atoms with E-state index in [9.17, 15) is 4.79 Å². The predicted molar refractivity (Wildman–Crippen MR) is 78.1 cm³/mol. The molecule has 0 bridgehead atoms. The molecule has 0 atom stereocenters. The van der Waals surface area contributed by atoms with Crippen LogP contribution in [0.3, 0.4) is 0 Å². The zero-order valence-corrected chi connectivity index (χ0v) is 12.7. The van der Waals surface area contributed by atoms with Gasteiger partial charge in [-0.25, -0.2) is 0 Å². The smallest absolute Gasteiger partial charge is 0.236 e. The van der Waals surface area contributed by atoms with E-state index in [1.54, 1.807) is 0 Å². The van der Waals surface area contributed by atoms with E-state index in [0.717, 1.165) is 25.6 Å². The SMILES string of the molecule is CC(C)NCC1CCN(CC(=O)N(C)C2CC2)CC1. The van der Waals surface area contributed by atoms with E-state index in [4.69, 9.17) is 0 Å². The van der Waals surface area contributed by atoms with Crippen molar-refractivity contribution in [1.29, 1.82) is 0 Å². The Morgan fingerprint density at radius 2 is 1.89 bits per heavy atom.